The lowest BCUT2D eigenvalue weighted by atomic mass is 9.93. The number of amides is 1. The molecule has 0 radical (unpaired) electrons. The molecule has 4 aliphatic heterocycles. The van der Waals surface area contributed by atoms with Crippen LogP contribution in [0.3, 0.4) is 0 Å². The molecule has 104 heavy (non-hydrogen) atoms. The molecular weight excluding hydrogens is 1410 g/mol. The third-order valence-corrected chi connectivity index (χ3v) is 14.5. The van der Waals surface area contributed by atoms with Crippen LogP contribution in [0, 0.1) is 0 Å². The van der Waals surface area contributed by atoms with Crippen LogP contribution in [0.15, 0.2) is 30.3 Å². The molecule has 0 bridgehead atoms. The fraction of sp³-hybridized carbons (Fsp3) is 0.667. The first-order valence-electron chi connectivity index (χ1n) is 31.6. The summed E-state index contributed by atoms with van der Waals surface area (Å²) < 4.78 is 131. The highest BCUT2D eigenvalue weighted by atomic mass is 16.8. The topological polar surface area (TPSA) is 521 Å². The Morgan fingerprint density at radius 1 is 0.356 bits per heavy atom. The van der Waals surface area contributed by atoms with Gasteiger partial charge in [-0.1, -0.05) is 30.3 Å². The molecule has 4 aliphatic rings. The van der Waals surface area contributed by atoms with Crippen LogP contribution in [0.4, 0.5) is 4.79 Å². The average molecular weight is 1490 g/mol. The van der Waals surface area contributed by atoms with Crippen molar-refractivity contribution in [2.75, 3.05) is 39.6 Å². The van der Waals surface area contributed by atoms with Crippen LogP contribution in [0.1, 0.15) is 102 Å². The molecule has 1 aromatic rings. The maximum absolute atomic E-state index is 13.9. The van der Waals surface area contributed by atoms with E-state index in [4.69, 9.17) is 109 Å². The highest BCUT2D eigenvalue weighted by Crippen LogP contribution is 2.43. The molecule has 20 atom stereocenters. The molecule has 0 saturated carbocycles. The van der Waals surface area contributed by atoms with Gasteiger partial charge in [-0.05, 0) is 5.56 Å². The summed E-state index contributed by atoms with van der Waals surface area (Å²) in [5, 5.41) is 28.7. The Morgan fingerprint density at radius 3 is 0.971 bits per heavy atom. The molecule has 3 N–H and O–H groups in total. The summed E-state index contributed by atoms with van der Waals surface area (Å²) in [7, 11) is 0. The molecule has 580 valence electrons. The van der Waals surface area contributed by atoms with E-state index in [1.807, 2.05) is 0 Å². The highest BCUT2D eigenvalue weighted by molar-refractivity contribution is 5.72. The Hall–Kier alpha value is -9.33. The van der Waals surface area contributed by atoms with Gasteiger partial charge in [0, 0.05) is 96.9 Å². The Labute approximate surface area is 591 Å². The lowest BCUT2D eigenvalue weighted by Crippen LogP contribution is -2.73. The van der Waals surface area contributed by atoms with Gasteiger partial charge in [0.1, 0.15) is 45.2 Å². The Balaban J connectivity index is 1.66. The van der Waals surface area contributed by atoms with E-state index in [2.05, 4.69) is 5.32 Å². The molecule has 41 heteroatoms. The van der Waals surface area contributed by atoms with Crippen LogP contribution in [0.2, 0.25) is 0 Å². The lowest BCUT2D eigenvalue weighted by molar-refractivity contribution is -0.441. The van der Waals surface area contributed by atoms with Crippen LogP contribution in [0.25, 0.3) is 0 Å². The van der Waals surface area contributed by atoms with Gasteiger partial charge < -0.3 is 124 Å². The molecular formula is C63H83NO40. The summed E-state index contributed by atoms with van der Waals surface area (Å²) in [5.74, 6) is -22.6. The Morgan fingerprint density at radius 2 is 0.654 bits per heavy atom. The zero-order valence-corrected chi connectivity index (χ0v) is 58.7. The maximum Gasteiger partial charge on any atom is 0.407 e. The van der Waals surface area contributed by atoms with Gasteiger partial charge in [0.2, 0.25) is 24.2 Å². The van der Waals surface area contributed by atoms with Gasteiger partial charge in [-0.2, -0.15) is 0 Å². The normalized spacial score (nSPS) is 30.0. The SMILES string of the molecule is CC(=O)OC[C@H]1O[C@@H](O[C@@]2(O)[C@H](OC(C)=O)[C@@H](OC(C)=O)[C@H](OCC(CO[C@@H]3O[C@H](COC(C)=O)[C@@](O)(O[C@@H]4O[C@H](COC(C)=O)[C@@H](OC(C)=O)[C@H](OC(C)=O)[C@H]4OC(C)=O)[C@H](OC(C)=O)[C@H]3OC(C)=O)NC(=O)OCc3ccccc3)O[C@@H]2COC(C)=O)[C@H](OC(C)=O)[C@@H](OC(C)=O)[C@@H]1OC(C)=O. The number of nitrogens with one attached hydrogen (secondary N) is 1. The standard InChI is InChI=1S/C63H83NO40/c1-27(65)82-23-43-47(89-31(5)69)49(91-33(7)71)51(93-35(9)73)59(99-43)103-62(80)45(25-84-29(3)67)101-57(53(95-37(11)75)55(62)97-39(13)77)86-21-42(64-61(79)88-20-41-18-16-15-17-19-41)22-87-58-54(96-38(12)76)56(98-40(14)78)63(81,46(102-58)26-85-30(4)68)104-60-52(94-36(10)74)50(92-34(8)72)48(90-32(6)70)44(100-60)24-83-28(2)66/h15-19,42-60,80-81H,20-26H2,1-14H3,(H,64,79)/t43-,44-,45-,46-,47-,48-,49+,50+,51-,52-,53-,54-,55-,56-,57-,58-,59+,60+,62-,63-/m1/s1. The summed E-state index contributed by atoms with van der Waals surface area (Å²) in [6.45, 7) is 6.00. The first kappa shape index (κ1) is 85.3. The second kappa shape index (κ2) is 39.0. The summed E-state index contributed by atoms with van der Waals surface area (Å²) in [6, 6.07) is 6.35. The van der Waals surface area contributed by atoms with Crippen molar-refractivity contribution in [1.82, 2.24) is 5.32 Å². The van der Waals surface area contributed by atoms with Crippen molar-refractivity contribution < 1.29 is 191 Å². The van der Waals surface area contributed by atoms with Crippen molar-refractivity contribution in [3.05, 3.63) is 35.9 Å². The van der Waals surface area contributed by atoms with E-state index >= 15 is 0 Å². The third-order valence-electron chi connectivity index (χ3n) is 14.5. The molecule has 41 nitrogen and oxygen atoms in total. The number of rotatable bonds is 31. The number of carbonyl (C=O) groups is 15. The molecule has 0 unspecified atom stereocenters. The van der Waals surface area contributed by atoms with Crippen LogP contribution in [0.5, 0.6) is 0 Å². The zero-order valence-electron chi connectivity index (χ0n) is 58.7. The van der Waals surface area contributed by atoms with Crippen LogP contribution in [-0.2, 0) is 183 Å². The average Bonchev–Trinajstić information content (AvgIpc) is 0.747. The number of carbonyl (C=O) groups excluding carboxylic acids is 15. The number of hydrogen-bond donors (Lipinski definition) is 3. The predicted octanol–water partition coefficient (Wildman–Crippen LogP) is -1.81. The van der Waals surface area contributed by atoms with Gasteiger partial charge in [0.15, 0.2) is 85.8 Å². The number of aliphatic hydroxyl groups is 2. The maximum atomic E-state index is 13.9. The summed E-state index contributed by atoms with van der Waals surface area (Å²) >= 11 is 0. The quantitative estimate of drug-likeness (QED) is 0.0419. The summed E-state index contributed by atoms with van der Waals surface area (Å²) in [4.78, 5) is 193. The number of alkyl carbamates (subject to hydrolysis) is 1. The number of hydrogen-bond acceptors (Lipinski definition) is 40. The lowest BCUT2D eigenvalue weighted by Gasteiger charge is -2.52. The Kier molecular flexibility index (Phi) is 32.0. The molecule has 0 spiro atoms. The fourth-order valence-electron chi connectivity index (χ4n) is 10.8. The number of benzene rings is 1. The van der Waals surface area contributed by atoms with E-state index in [-0.39, 0.29) is 0 Å². The third kappa shape index (κ3) is 25.2. The first-order valence-corrected chi connectivity index (χ1v) is 31.6. The molecule has 0 aliphatic carbocycles. The van der Waals surface area contributed by atoms with E-state index in [9.17, 15) is 82.1 Å². The largest absolute Gasteiger partial charge is 0.463 e. The van der Waals surface area contributed by atoms with Crippen LogP contribution in [-0.4, -0.2) is 268 Å². The monoisotopic (exact) mass is 1490 g/mol. The molecule has 4 heterocycles. The smallest absolute Gasteiger partial charge is 0.407 e. The van der Waals surface area contributed by atoms with Gasteiger partial charge in [0.25, 0.3) is 0 Å². The fourth-order valence-corrected chi connectivity index (χ4v) is 10.8. The molecule has 1 amide bonds. The molecule has 4 saturated heterocycles. The van der Waals surface area contributed by atoms with Crippen LogP contribution >= 0.6 is 0 Å². The van der Waals surface area contributed by atoms with E-state index < -0.39 is 264 Å². The van der Waals surface area contributed by atoms with E-state index in [0.29, 0.717) is 5.56 Å². The van der Waals surface area contributed by atoms with Crippen molar-refractivity contribution >= 4 is 89.7 Å². The summed E-state index contributed by atoms with van der Waals surface area (Å²) in [5.41, 5.74) is 0.453. The molecule has 0 aromatic heterocycles. The van der Waals surface area contributed by atoms with Gasteiger partial charge in [-0.25, -0.2) is 4.79 Å². The minimum atomic E-state index is -3.45. The summed E-state index contributed by atoms with van der Waals surface area (Å²) in [6.07, 6.45) is -40.0. The first-order chi connectivity index (χ1) is 48.7. The second-order valence-electron chi connectivity index (χ2n) is 23.2. The molecule has 1 aromatic carbocycles. The highest BCUT2D eigenvalue weighted by Gasteiger charge is 2.67. The van der Waals surface area contributed by atoms with Gasteiger partial charge >= 0.3 is 89.7 Å². The van der Waals surface area contributed by atoms with Crippen molar-refractivity contribution in [1.29, 1.82) is 0 Å². The number of esters is 14. The van der Waals surface area contributed by atoms with Gasteiger partial charge in [-0.3, -0.25) is 67.1 Å². The Bertz CT molecular complexity index is 3060. The van der Waals surface area contributed by atoms with E-state index in [0.717, 1.165) is 96.9 Å². The van der Waals surface area contributed by atoms with E-state index in [1.54, 1.807) is 30.3 Å². The van der Waals surface area contributed by atoms with Crippen molar-refractivity contribution in [3.8, 4) is 0 Å². The van der Waals surface area contributed by atoms with Crippen LogP contribution < -0.4 is 5.32 Å². The number of ether oxygens (including phenoxy) is 23. The molecule has 5 rings (SSSR count). The van der Waals surface area contributed by atoms with Crippen molar-refractivity contribution in [2.24, 2.45) is 0 Å². The van der Waals surface area contributed by atoms with Gasteiger partial charge in [-0.15, -0.1) is 0 Å². The molecule has 4 fully saturated rings. The zero-order chi connectivity index (χ0) is 77.7. The van der Waals surface area contributed by atoms with E-state index in [1.165, 1.54) is 0 Å². The van der Waals surface area contributed by atoms with Crippen molar-refractivity contribution in [3.63, 3.8) is 0 Å². The van der Waals surface area contributed by atoms with Crippen molar-refractivity contribution in [2.45, 2.75) is 232 Å². The second-order valence-corrected chi connectivity index (χ2v) is 23.2. The predicted molar refractivity (Wildman–Crippen MR) is 324 cm³/mol. The minimum Gasteiger partial charge on any atom is -0.463 e. The minimum absolute atomic E-state index is 0.401. The van der Waals surface area contributed by atoms with Gasteiger partial charge in [0.05, 0.1) is 19.3 Å².